The van der Waals surface area contributed by atoms with Crippen LogP contribution in [0, 0.1) is 11.3 Å². The monoisotopic (exact) mass is 405 g/mol. The molecule has 3 aromatic rings. The Morgan fingerprint density at radius 2 is 2.07 bits per heavy atom. The van der Waals surface area contributed by atoms with E-state index in [1.165, 1.54) is 0 Å². The minimum absolute atomic E-state index is 0.285. The van der Waals surface area contributed by atoms with Crippen LogP contribution in [0.2, 0.25) is 5.02 Å². The lowest BCUT2D eigenvalue weighted by Crippen LogP contribution is -2.51. The van der Waals surface area contributed by atoms with Crippen LogP contribution in [0.3, 0.4) is 0 Å². The number of anilines is 1. The summed E-state index contributed by atoms with van der Waals surface area (Å²) in [5.74, 6) is 1.70. The van der Waals surface area contributed by atoms with E-state index in [1.54, 1.807) is 6.20 Å². The highest BCUT2D eigenvalue weighted by atomic mass is 35.5. The second-order valence-electron chi connectivity index (χ2n) is 7.57. The Bertz CT molecular complexity index is 1060. The molecule has 0 amide bonds. The van der Waals surface area contributed by atoms with E-state index in [0.717, 1.165) is 55.3 Å². The second kappa shape index (κ2) is 7.51. The molecule has 2 fully saturated rings. The van der Waals surface area contributed by atoms with E-state index in [4.69, 9.17) is 21.4 Å². The van der Waals surface area contributed by atoms with Crippen LogP contribution >= 0.6 is 11.6 Å². The first-order valence-corrected chi connectivity index (χ1v) is 10.2. The number of halogens is 1. The molecule has 4 heterocycles. The maximum Gasteiger partial charge on any atom is 0.167 e. The number of nitriles is 1. The normalized spacial score (nSPS) is 21.7. The Balaban J connectivity index is 1.30. The van der Waals surface area contributed by atoms with Crippen molar-refractivity contribution in [2.75, 3.05) is 24.5 Å². The van der Waals surface area contributed by atoms with Crippen LogP contribution in [0.4, 0.5) is 5.82 Å². The zero-order valence-electron chi connectivity index (χ0n) is 15.8. The van der Waals surface area contributed by atoms with Gasteiger partial charge in [-0.3, -0.25) is 4.90 Å². The van der Waals surface area contributed by atoms with Gasteiger partial charge in [-0.25, -0.2) is 4.98 Å². The van der Waals surface area contributed by atoms with E-state index < -0.39 is 0 Å². The van der Waals surface area contributed by atoms with E-state index in [1.807, 2.05) is 42.5 Å². The zero-order chi connectivity index (χ0) is 19.8. The minimum Gasteiger partial charge on any atom is -0.356 e. The molecule has 146 valence electrons. The average molecular weight is 406 g/mol. The first-order chi connectivity index (χ1) is 14.2. The number of rotatable bonds is 3. The molecule has 0 saturated carbocycles. The van der Waals surface area contributed by atoms with Crippen molar-refractivity contribution >= 4 is 17.4 Å². The number of nitrogens with zero attached hydrogens (tertiary/aromatic N) is 5. The third-order valence-electron chi connectivity index (χ3n) is 5.88. The molecule has 7 heteroatoms. The first kappa shape index (κ1) is 18.2. The summed E-state index contributed by atoms with van der Waals surface area (Å²) in [5, 5.41) is 14.0. The van der Waals surface area contributed by atoms with E-state index in [-0.39, 0.29) is 6.04 Å². The number of piperazine rings is 1. The number of benzene rings is 1. The lowest BCUT2D eigenvalue weighted by Gasteiger charge is -2.40. The molecular formula is C22H20ClN5O. The van der Waals surface area contributed by atoms with Gasteiger partial charge in [0.1, 0.15) is 17.6 Å². The molecule has 0 radical (unpaired) electrons. The molecule has 2 aromatic heterocycles. The largest absolute Gasteiger partial charge is 0.356 e. The van der Waals surface area contributed by atoms with Gasteiger partial charge < -0.3 is 9.42 Å². The molecule has 0 spiro atoms. The molecule has 0 aliphatic carbocycles. The molecular weight excluding hydrogens is 386 g/mol. The van der Waals surface area contributed by atoms with Crippen molar-refractivity contribution < 1.29 is 4.52 Å². The number of pyridine rings is 1. The fourth-order valence-electron chi connectivity index (χ4n) is 4.44. The van der Waals surface area contributed by atoms with Crippen molar-refractivity contribution in [2.24, 2.45) is 0 Å². The Labute approximate surface area is 174 Å². The quantitative estimate of drug-likeness (QED) is 0.647. The molecule has 2 aliphatic heterocycles. The Kier molecular flexibility index (Phi) is 4.70. The van der Waals surface area contributed by atoms with Crippen LogP contribution in [0.15, 0.2) is 53.2 Å². The summed E-state index contributed by atoms with van der Waals surface area (Å²) in [6.45, 7) is 2.80. The summed E-state index contributed by atoms with van der Waals surface area (Å²) in [4.78, 5) is 9.31. The summed E-state index contributed by atoms with van der Waals surface area (Å²) >= 11 is 6.10. The lowest BCUT2D eigenvalue weighted by molar-refractivity contribution is 0.170. The lowest BCUT2D eigenvalue weighted by atomic mass is 10.1. The van der Waals surface area contributed by atoms with Crippen molar-refractivity contribution in [1.29, 1.82) is 5.26 Å². The average Bonchev–Trinajstić information content (AvgIpc) is 3.40. The molecule has 2 saturated heterocycles. The van der Waals surface area contributed by atoms with Crippen LogP contribution in [0.25, 0.3) is 11.3 Å². The van der Waals surface area contributed by atoms with Crippen molar-refractivity contribution in [3.8, 4) is 17.4 Å². The molecule has 0 bridgehead atoms. The van der Waals surface area contributed by atoms with Gasteiger partial charge in [0.15, 0.2) is 5.76 Å². The molecule has 29 heavy (non-hydrogen) atoms. The first-order valence-electron chi connectivity index (χ1n) is 9.80. The SMILES string of the molecule is N#Cc1ccc(N2CCN3[C@@H](CC[C@@H]3c3cc(-c4cccc(Cl)c4)on3)C2)nc1. The van der Waals surface area contributed by atoms with E-state index >= 15 is 0 Å². The highest BCUT2D eigenvalue weighted by Gasteiger charge is 2.39. The number of aromatic nitrogens is 2. The van der Waals surface area contributed by atoms with Crippen LogP contribution in [0.1, 0.15) is 30.1 Å². The summed E-state index contributed by atoms with van der Waals surface area (Å²) in [6, 6.07) is 16.3. The maximum atomic E-state index is 8.96. The maximum absolute atomic E-state index is 8.96. The standard InChI is InChI=1S/C22H20ClN5O/c23-17-3-1-2-16(10-17)21-11-19(26-29-21)20-6-5-18-14-27(8-9-28(18)20)22-7-4-15(12-24)13-25-22/h1-4,7,10-11,13,18,20H,5-6,8-9,14H2/t18-,20+/m0/s1. The van der Waals surface area contributed by atoms with Gasteiger partial charge >= 0.3 is 0 Å². The number of fused-ring (bicyclic) bond motifs is 1. The predicted octanol–water partition coefficient (Wildman–Crippen LogP) is 4.29. The van der Waals surface area contributed by atoms with Gasteiger partial charge in [0.2, 0.25) is 0 Å². The summed E-state index contributed by atoms with van der Waals surface area (Å²) in [7, 11) is 0. The highest BCUT2D eigenvalue weighted by molar-refractivity contribution is 6.30. The summed E-state index contributed by atoms with van der Waals surface area (Å²) in [6.07, 6.45) is 3.84. The van der Waals surface area contributed by atoms with Gasteiger partial charge in [0, 0.05) is 48.5 Å². The van der Waals surface area contributed by atoms with Crippen LogP contribution in [0.5, 0.6) is 0 Å². The Hall–Kier alpha value is -2.88. The fraction of sp³-hybridized carbons (Fsp3) is 0.318. The van der Waals surface area contributed by atoms with Crippen LogP contribution in [-0.4, -0.2) is 40.7 Å². The molecule has 2 aliphatic rings. The van der Waals surface area contributed by atoms with Gasteiger partial charge in [0.05, 0.1) is 11.6 Å². The summed E-state index contributed by atoms with van der Waals surface area (Å²) < 4.78 is 5.63. The zero-order valence-corrected chi connectivity index (χ0v) is 16.6. The van der Waals surface area contributed by atoms with Crippen LogP contribution < -0.4 is 4.90 Å². The number of hydrogen-bond donors (Lipinski definition) is 0. The highest BCUT2D eigenvalue weighted by Crippen LogP contribution is 2.39. The molecule has 2 atom stereocenters. The van der Waals surface area contributed by atoms with Crippen LogP contribution in [-0.2, 0) is 0 Å². The molecule has 1 aromatic carbocycles. The van der Waals surface area contributed by atoms with Gasteiger partial charge in [-0.15, -0.1) is 0 Å². The van der Waals surface area contributed by atoms with E-state index in [2.05, 4.69) is 26.0 Å². The van der Waals surface area contributed by atoms with Crippen molar-refractivity contribution in [3.63, 3.8) is 0 Å². The third kappa shape index (κ3) is 3.48. The molecule has 0 unspecified atom stereocenters. The van der Waals surface area contributed by atoms with E-state index in [0.29, 0.717) is 16.6 Å². The molecule has 0 N–H and O–H groups in total. The number of hydrogen-bond acceptors (Lipinski definition) is 6. The van der Waals surface area contributed by atoms with Gasteiger partial charge in [-0.05, 0) is 37.1 Å². The Morgan fingerprint density at radius 1 is 1.14 bits per heavy atom. The molecule has 6 nitrogen and oxygen atoms in total. The van der Waals surface area contributed by atoms with E-state index in [9.17, 15) is 0 Å². The van der Waals surface area contributed by atoms with Crippen molar-refractivity contribution in [2.45, 2.75) is 24.9 Å². The second-order valence-corrected chi connectivity index (χ2v) is 8.01. The molecule has 5 rings (SSSR count). The summed E-state index contributed by atoms with van der Waals surface area (Å²) in [5.41, 5.74) is 2.53. The van der Waals surface area contributed by atoms with Gasteiger partial charge in [-0.1, -0.05) is 28.9 Å². The van der Waals surface area contributed by atoms with Crippen molar-refractivity contribution in [1.82, 2.24) is 15.0 Å². The topological polar surface area (TPSA) is 69.2 Å². The van der Waals surface area contributed by atoms with Gasteiger partial charge in [-0.2, -0.15) is 5.26 Å². The van der Waals surface area contributed by atoms with Crippen molar-refractivity contribution in [3.05, 3.63) is 64.9 Å². The predicted molar refractivity (Wildman–Crippen MR) is 111 cm³/mol. The van der Waals surface area contributed by atoms with Gasteiger partial charge in [0.25, 0.3) is 0 Å². The fourth-order valence-corrected chi connectivity index (χ4v) is 4.63. The Morgan fingerprint density at radius 3 is 2.86 bits per heavy atom. The smallest absolute Gasteiger partial charge is 0.167 e. The third-order valence-corrected chi connectivity index (χ3v) is 6.12. The minimum atomic E-state index is 0.285.